The second-order valence-corrected chi connectivity index (χ2v) is 3.61. The van der Waals surface area contributed by atoms with E-state index in [0.29, 0.717) is 6.07 Å². The Kier molecular flexibility index (Phi) is 3.07. The predicted molar refractivity (Wildman–Crippen MR) is 55.6 cm³/mol. The van der Waals surface area contributed by atoms with Crippen molar-refractivity contribution in [1.29, 1.82) is 0 Å². The van der Waals surface area contributed by atoms with Gasteiger partial charge in [0, 0.05) is 6.07 Å². The van der Waals surface area contributed by atoms with Gasteiger partial charge in [0.25, 0.3) is 0 Å². The van der Waals surface area contributed by atoms with Gasteiger partial charge < -0.3 is 0 Å². The first-order valence-electron chi connectivity index (χ1n) is 4.92. The van der Waals surface area contributed by atoms with E-state index in [1.54, 1.807) is 0 Å². The van der Waals surface area contributed by atoms with Gasteiger partial charge in [-0.25, -0.2) is 8.78 Å². The summed E-state index contributed by atoms with van der Waals surface area (Å²) in [7, 11) is 0. The molecular formula is C13H6F5. The van der Waals surface area contributed by atoms with Gasteiger partial charge in [-0.1, -0.05) is 18.2 Å². The van der Waals surface area contributed by atoms with E-state index in [0.717, 1.165) is 24.3 Å². The highest BCUT2D eigenvalue weighted by Crippen LogP contribution is 2.36. The molecule has 0 spiro atoms. The van der Waals surface area contributed by atoms with Crippen LogP contribution in [0.2, 0.25) is 0 Å². The van der Waals surface area contributed by atoms with E-state index in [2.05, 4.69) is 0 Å². The lowest BCUT2D eigenvalue weighted by atomic mass is 9.99. The van der Waals surface area contributed by atoms with Crippen molar-refractivity contribution in [3.8, 4) is 11.1 Å². The zero-order chi connectivity index (χ0) is 13.3. The maximum absolute atomic E-state index is 13.0. The topological polar surface area (TPSA) is 0 Å². The Morgan fingerprint density at radius 3 is 2.11 bits per heavy atom. The van der Waals surface area contributed by atoms with Gasteiger partial charge in [0.2, 0.25) is 0 Å². The van der Waals surface area contributed by atoms with Gasteiger partial charge in [-0.3, -0.25) is 0 Å². The lowest BCUT2D eigenvalue weighted by Crippen LogP contribution is -2.07. The third-order valence-corrected chi connectivity index (χ3v) is 2.31. The third kappa shape index (κ3) is 2.50. The van der Waals surface area contributed by atoms with E-state index in [1.165, 1.54) is 6.07 Å². The normalized spacial score (nSPS) is 11.6. The highest BCUT2D eigenvalue weighted by Gasteiger charge is 2.33. The Balaban J connectivity index is 2.64. The van der Waals surface area contributed by atoms with Crippen LogP contribution in [-0.4, -0.2) is 0 Å². The van der Waals surface area contributed by atoms with Crippen LogP contribution < -0.4 is 0 Å². The summed E-state index contributed by atoms with van der Waals surface area (Å²) >= 11 is 0. The number of hydrogen-bond donors (Lipinski definition) is 0. The van der Waals surface area contributed by atoms with E-state index >= 15 is 0 Å². The minimum atomic E-state index is -4.63. The van der Waals surface area contributed by atoms with Crippen molar-refractivity contribution in [1.82, 2.24) is 0 Å². The van der Waals surface area contributed by atoms with Gasteiger partial charge in [0.15, 0.2) is 0 Å². The molecule has 0 saturated carbocycles. The molecule has 2 aromatic rings. The first-order chi connectivity index (χ1) is 8.38. The molecule has 0 atom stereocenters. The number of alkyl halides is 3. The van der Waals surface area contributed by atoms with E-state index in [9.17, 15) is 22.0 Å². The molecule has 0 fully saturated rings. The summed E-state index contributed by atoms with van der Waals surface area (Å²) < 4.78 is 64.2. The van der Waals surface area contributed by atoms with Gasteiger partial charge in [-0.15, -0.1) is 0 Å². The highest BCUT2D eigenvalue weighted by molar-refractivity contribution is 5.67. The molecule has 0 aliphatic heterocycles. The van der Waals surface area contributed by atoms with E-state index in [1.807, 2.05) is 6.07 Å². The van der Waals surface area contributed by atoms with Crippen molar-refractivity contribution in [3.63, 3.8) is 0 Å². The van der Waals surface area contributed by atoms with E-state index < -0.39 is 23.4 Å². The molecule has 0 unspecified atom stereocenters. The van der Waals surface area contributed by atoms with E-state index in [4.69, 9.17) is 0 Å². The number of halogens is 5. The molecule has 18 heavy (non-hydrogen) atoms. The van der Waals surface area contributed by atoms with Crippen molar-refractivity contribution in [2.75, 3.05) is 0 Å². The second-order valence-electron chi connectivity index (χ2n) is 3.61. The molecule has 2 rings (SSSR count). The zero-order valence-corrected chi connectivity index (χ0v) is 8.85. The number of hydrogen-bond acceptors (Lipinski definition) is 0. The van der Waals surface area contributed by atoms with Crippen molar-refractivity contribution in [2.24, 2.45) is 0 Å². The SMILES string of the molecule is Fc1cc(F)cc(-c2ccc[c]c2C(F)(F)F)c1. The standard InChI is InChI=1S/C13H6F5/c14-9-5-8(6-10(15)7-9)11-3-1-2-4-12(11)13(16,17)18/h1-3,5-7H. The van der Waals surface area contributed by atoms with Crippen LogP contribution in [0, 0.1) is 17.7 Å². The molecular weight excluding hydrogens is 251 g/mol. The first-order valence-corrected chi connectivity index (χ1v) is 4.92. The molecule has 0 aromatic heterocycles. The fourth-order valence-corrected chi connectivity index (χ4v) is 1.62. The lowest BCUT2D eigenvalue weighted by Gasteiger charge is -2.12. The van der Waals surface area contributed by atoms with Crippen LogP contribution >= 0.6 is 0 Å². The zero-order valence-electron chi connectivity index (χ0n) is 8.85. The van der Waals surface area contributed by atoms with Crippen LogP contribution in [0.3, 0.4) is 0 Å². The van der Waals surface area contributed by atoms with Crippen molar-refractivity contribution >= 4 is 0 Å². The summed E-state index contributed by atoms with van der Waals surface area (Å²) in [5.74, 6) is -1.86. The minimum Gasteiger partial charge on any atom is -0.207 e. The van der Waals surface area contributed by atoms with Crippen LogP contribution in [0.5, 0.6) is 0 Å². The fraction of sp³-hybridized carbons (Fsp3) is 0.0769. The molecule has 0 aliphatic rings. The maximum atomic E-state index is 13.0. The van der Waals surface area contributed by atoms with Crippen LogP contribution in [-0.2, 0) is 6.18 Å². The number of rotatable bonds is 1. The Labute approximate surface area is 99.7 Å². The summed E-state index contributed by atoms with van der Waals surface area (Å²) in [5, 5.41) is 0. The molecule has 1 radical (unpaired) electrons. The summed E-state index contributed by atoms with van der Waals surface area (Å²) in [6.45, 7) is 0. The number of benzene rings is 2. The van der Waals surface area contributed by atoms with Crippen LogP contribution in [0.1, 0.15) is 5.56 Å². The molecule has 0 saturated heterocycles. The molecule has 0 amide bonds. The van der Waals surface area contributed by atoms with E-state index in [-0.39, 0.29) is 11.1 Å². The Bertz CT molecular complexity index is 552. The van der Waals surface area contributed by atoms with Crippen molar-refractivity contribution in [2.45, 2.75) is 6.18 Å². The van der Waals surface area contributed by atoms with Gasteiger partial charge in [0.1, 0.15) is 11.6 Å². The van der Waals surface area contributed by atoms with Crippen molar-refractivity contribution < 1.29 is 22.0 Å². The Hall–Kier alpha value is -1.91. The smallest absolute Gasteiger partial charge is 0.207 e. The Morgan fingerprint density at radius 2 is 1.56 bits per heavy atom. The molecule has 0 aliphatic carbocycles. The van der Waals surface area contributed by atoms with Crippen LogP contribution in [0.25, 0.3) is 11.1 Å². The molecule has 5 heteroatoms. The second kappa shape index (κ2) is 4.40. The average molecular weight is 257 g/mol. The largest absolute Gasteiger partial charge is 0.417 e. The van der Waals surface area contributed by atoms with Gasteiger partial charge in [-0.2, -0.15) is 13.2 Å². The molecule has 0 bridgehead atoms. The van der Waals surface area contributed by atoms with Gasteiger partial charge in [0.05, 0.1) is 5.56 Å². The maximum Gasteiger partial charge on any atom is 0.417 e. The summed E-state index contributed by atoms with van der Waals surface area (Å²) in [4.78, 5) is 0. The summed E-state index contributed by atoms with van der Waals surface area (Å²) in [6.07, 6.45) is -4.63. The fourth-order valence-electron chi connectivity index (χ4n) is 1.62. The highest BCUT2D eigenvalue weighted by atomic mass is 19.4. The van der Waals surface area contributed by atoms with Crippen LogP contribution in [0.4, 0.5) is 22.0 Å². The summed E-state index contributed by atoms with van der Waals surface area (Å²) in [5.41, 5.74) is -1.52. The minimum absolute atomic E-state index is 0.170. The lowest BCUT2D eigenvalue weighted by molar-refractivity contribution is -0.137. The first kappa shape index (κ1) is 12.5. The quantitative estimate of drug-likeness (QED) is 0.662. The molecule has 93 valence electrons. The van der Waals surface area contributed by atoms with Gasteiger partial charge >= 0.3 is 6.18 Å². The Morgan fingerprint density at radius 1 is 0.944 bits per heavy atom. The molecule has 0 heterocycles. The molecule has 2 aromatic carbocycles. The molecule has 0 nitrogen and oxygen atoms in total. The molecule has 0 N–H and O–H groups in total. The van der Waals surface area contributed by atoms with Crippen LogP contribution in [0.15, 0.2) is 36.4 Å². The average Bonchev–Trinajstić information content (AvgIpc) is 2.26. The van der Waals surface area contributed by atoms with Crippen molar-refractivity contribution in [3.05, 3.63) is 59.7 Å². The van der Waals surface area contributed by atoms with Gasteiger partial charge in [-0.05, 0) is 29.3 Å². The summed E-state index contributed by atoms with van der Waals surface area (Å²) in [6, 6.07) is 7.91. The monoisotopic (exact) mass is 257 g/mol. The third-order valence-electron chi connectivity index (χ3n) is 2.31. The predicted octanol–water partition coefficient (Wildman–Crippen LogP) is 4.45.